The summed E-state index contributed by atoms with van der Waals surface area (Å²) >= 11 is 4.56. The van der Waals surface area contributed by atoms with Crippen LogP contribution in [0.25, 0.3) is 11.8 Å². The molecule has 0 unspecified atom stereocenters. The molecule has 0 fully saturated rings. The molecular formula is C24H25BrN2O4S. The smallest absolute Gasteiger partial charge is 0.344 e. The van der Waals surface area contributed by atoms with Gasteiger partial charge in [0.1, 0.15) is 16.4 Å². The first-order valence-corrected chi connectivity index (χ1v) is 11.9. The molecule has 2 heterocycles. The number of thioether (sulfide) groups is 1. The van der Waals surface area contributed by atoms with Crippen molar-refractivity contribution in [2.45, 2.75) is 40.5 Å². The molecule has 3 rings (SSSR count). The first-order chi connectivity index (χ1) is 15.3. The first-order valence-electron chi connectivity index (χ1n) is 10.3. The highest BCUT2D eigenvalue weighted by atomic mass is 79.9. The number of aliphatic imine (C=N–C) groups is 1. The van der Waals surface area contributed by atoms with Crippen molar-refractivity contribution in [3.8, 4) is 5.69 Å². The predicted octanol–water partition coefficient (Wildman–Crippen LogP) is 6.04. The van der Waals surface area contributed by atoms with E-state index >= 15 is 0 Å². The number of nitrogens with zero attached hydrogens (tertiary/aromatic N) is 2. The quantitative estimate of drug-likeness (QED) is 0.473. The molecule has 1 aliphatic rings. The number of aliphatic hydroxyl groups excluding tert-OH is 1. The summed E-state index contributed by atoms with van der Waals surface area (Å²) in [5.41, 5.74) is 3.86. The van der Waals surface area contributed by atoms with Crippen LogP contribution in [0.5, 0.6) is 0 Å². The van der Waals surface area contributed by atoms with Crippen molar-refractivity contribution in [1.82, 2.24) is 4.57 Å². The minimum absolute atomic E-state index is 0.0609. The van der Waals surface area contributed by atoms with Crippen molar-refractivity contribution >= 4 is 50.7 Å². The van der Waals surface area contributed by atoms with Gasteiger partial charge in [0.25, 0.3) is 0 Å². The number of amides is 1. The molecule has 0 radical (unpaired) electrons. The largest absolute Gasteiger partial charge is 0.506 e. The molecule has 1 aromatic carbocycles. The molecule has 6 nitrogen and oxygen atoms in total. The lowest BCUT2D eigenvalue weighted by Crippen LogP contribution is -2.14. The Bertz CT molecular complexity index is 1140. The molecule has 8 heteroatoms. The van der Waals surface area contributed by atoms with E-state index in [2.05, 4.69) is 25.5 Å². The van der Waals surface area contributed by atoms with Gasteiger partial charge in [0.05, 0.1) is 11.5 Å². The molecule has 0 bridgehead atoms. The van der Waals surface area contributed by atoms with Crippen LogP contribution in [0.1, 0.15) is 43.6 Å². The molecular weight excluding hydrogens is 492 g/mol. The van der Waals surface area contributed by atoms with Gasteiger partial charge in [-0.3, -0.25) is 4.79 Å². The number of aromatic nitrogens is 1. The first kappa shape index (κ1) is 24.1. The van der Waals surface area contributed by atoms with Crippen LogP contribution in [-0.4, -0.2) is 33.2 Å². The van der Waals surface area contributed by atoms with Gasteiger partial charge < -0.3 is 14.4 Å². The average molecular weight is 517 g/mol. The number of rotatable bonds is 6. The minimum atomic E-state index is -0.690. The Morgan fingerprint density at radius 3 is 2.53 bits per heavy atom. The summed E-state index contributed by atoms with van der Waals surface area (Å²) in [6, 6.07) is 10.0. The number of benzene rings is 1. The normalized spacial score (nSPS) is 16.3. The second-order valence-electron chi connectivity index (χ2n) is 7.25. The zero-order valence-corrected chi connectivity index (χ0v) is 20.8. The average Bonchev–Trinajstić information content (AvgIpc) is 3.18. The monoisotopic (exact) mass is 516 g/mol. The van der Waals surface area contributed by atoms with E-state index in [0.717, 1.165) is 38.9 Å². The van der Waals surface area contributed by atoms with Crippen LogP contribution in [0.3, 0.4) is 0 Å². The summed E-state index contributed by atoms with van der Waals surface area (Å²) in [4.78, 5) is 29.1. The SMILES string of the molecule is CCCC(=O)N=C1S/C(=C\c2cc(C)n(-c3ccc(Br)cc3)c2C)C(O)=C1C(=O)OCC. The molecule has 0 spiro atoms. The second kappa shape index (κ2) is 10.4. The third kappa shape index (κ3) is 5.07. The Hall–Kier alpha value is -2.58. The van der Waals surface area contributed by atoms with Crippen molar-refractivity contribution in [3.63, 3.8) is 0 Å². The van der Waals surface area contributed by atoms with E-state index < -0.39 is 5.97 Å². The van der Waals surface area contributed by atoms with Crippen molar-refractivity contribution in [2.75, 3.05) is 6.61 Å². The van der Waals surface area contributed by atoms with Crippen molar-refractivity contribution in [3.05, 3.63) is 68.0 Å². The fourth-order valence-electron chi connectivity index (χ4n) is 3.44. The lowest BCUT2D eigenvalue weighted by Gasteiger charge is -2.09. The number of halogens is 1. The van der Waals surface area contributed by atoms with E-state index in [1.54, 1.807) is 6.92 Å². The number of ether oxygens (including phenoxy) is 1. The van der Waals surface area contributed by atoms with Crippen molar-refractivity contribution in [1.29, 1.82) is 0 Å². The Balaban J connectivity index is 2.04. The van der Waals surface area contributed by atoms with Crippen molar-refractivity contribution in [2.24, 2.45) is 4.99 Å². The third-order valence-electron chi connectivity index (χ3n) is 4.90. The van der Waals surface area contributed by atoms with Gasteiger partial charge in [-0.15, -0.1) is 0 Å². The Kier molecular flexibility index (Phi) is 7.79. The highest BCUT2D eigenvalue weighted by Crippen LogP contribution is 2.40. The Morgan fingerprint density at radius 2 is 1.91 bits per heavy atom. The minimum Gasteiger partial charge on any atom is -0.506 e. The summed E-state index contributed by atoms with van der Waals surface area (Å²) in [6.07, 6.45) is 2.73. The summed E-state index contributed by atoms with van der Waals surface area (Å²) in [7, 11) is 0. The molecule has 0 saturated carbocycles. The van der Waals surface area contributed by atoms with E-state index in [9.17, 15) is 14.7 Å². The molecule has 32 heavy (non-hydrogen) atoms. The van der Waals surface area contributed by atoms with Crippen LogP contribution in [0.2, 0.25) is 0 Å². The number of aliphatic hydroxyl groups is 1. The Morgan fingerprint density at radius 1 is 1.22 bits per heavy atom. The lowest BCUT2D eigenvalue weighted by molar-refractivity contribution is -0.138. The molecule has 168 valence electrons. The summed E-state index contributed by atoms with van der Waals surface area (Å²) in [6.45, 7) is 7.73. The fourth-order valence-corrected chi connectivity index (χ4v) is 4.72. The molecule has 0 atom stereocenters. The maximum atomic E-state index is 12.5. The van der Waals surface area contributed by atoms with Gasteiger partial charge in [-0.2, -0.15) is 0 Å². The van der Waals surface area contributed by atoms with Gasteiger partial charge in [0.15, 0.2) is 0 Å². The highest BCUT2D eigenvalue weighted by Gasteiger charge is 2.34. The lowest BCUT2D eigenvalue weighted by atomic mass is 10.2. The van der Waals surface area contributed by atoms with Gasteiger partial charge >= 0.3 is 5.97 Å². The van der Waals surface area contributed by atoms with Crippen LogP contribution < -0.4 is 0 Å². The van der Waals surface area contributed by atoms with E-state index in [4.69, 9.17) is 4.74 Å². The molecule has 1 amide bonds. The van der Waals surface area contributed by atoms with Gasteiger partial charge in [-0.25, -0.2) is 9.79 Å². The number of aryl methyl sites for hydroxylation is 1. The molecule has 1 aliphatic heterocycles. The zero-order valence-electron chi connectivity index (χ0n) is 18.4. The van der Waals surface area contributed by atoms with Crippen LogP contribution in [0, 0.1) is 13.8 Å². The predicted molar refractivity (Wildman–Crippen MR) is 132 cm³/mol. The topological polar surface area (TPSA) is 80.9 Å². The van der Waals surface area contributed by atoms with Crippen LogP contribution in [-0.2, 0) is 14.3 Å². The van der Waals surface area contributed by atoms with E-state index in [0.29, 0.717) is 11.3 Å². The standard InChI is InChI=1S/C24H25BrN2O4S/c1-5-7-20(28)26-23-21(24(30)31-6-2)22(29)19(32-23)13-16-12-14(3)27(15(16)4)18-10-8-17(25)9-11-18/h8-13,29H,5-7H2,1-4H3/b19-13-,26-23?. The number of esters is 1. The number of carbonyl (C=O) groups is 2. The van der Waals surface area contributed by atoms with E-state index in [-0.39, 0.29) is 35.3 Å². The zero-order chi connectivity index (χ0) is 23.4. The van der Waals surface area contributed by atoms with Gasteiger partial charge in [0, 0.05) is 28.0 Å². The maximum Gasteiger partial charge on any atom is 0.344 e. The Labute approximate surface area is 200 Å². The van der Waals surface area contributed by atoms with Gasteiger partial charge in [-0.05, 0) is 69.2 Å². The fraction of sp³-hybridized carbons (Fsp3) is 0.292. The van der Waals surface area contributed by atoms with Gasteiger partial charge in [-0.1, -0.05) is 34.6 Å². The van der Waals surface area contributed by atoms with Crippen LogP contribution in [0.15, 0.2) is 56.0 Å². The summed E-state index contributed by atoms with van der Waals surface area (Å²) in [5, 5.41) is 11.0. The molecule has 2 aromatic rings. The maximum absolute atomic E-state index is 12.5. The van der Waals surface area contributed by atoms with Crippen molar-refractivity contribution < 1.29 is 19.4 Å². The van der Waals surface area contributed by atoms with Gasteiger partial charge in [0.2, 0.25) is 5.91 Å². The van der Waals surface area contributed by atoms with E-state index in [1.807, 2.05) is 57.2 Å². The summed E-state index contributed by atoms with van der Waals surface area (Å²) in [5.74, 6) is -1.24. The molecule has 1 aromatic heterocycles. The molecule has 0 aliphatic carbocycles. The summed E-state index contributed by atoms with van der Waals surface area (Å²) < 4.78 is 8.20. The van der Waals surface area contributed by atoms with E-state index in [1.165, 1.54) is 0 Å². The van der Waals surface area contributed by atoms with Crippen LogP contribution >= 0.6 is 27.7 Å². The number of carbonyl (C=O) groups excluding carboxylic acids is 2. The van der Waals surface area contributed by atoms with Crippen LogP contribution in [0.4, 0.5) is 0 Å². The number of hydrogen-bond acceptors (Lipinski definition) is 5. The third-order valence-corrected chi connectivity index (χ3v) is 6.45. The second-order valence-corrected chi connectivity index (χ2v) is 9.20. The highest BCUT2D eigenvalue weighted by molar-refractivity contribution is 9.10. The molecule has 1 N–H and O–H groups in total. The molecule has 0 saturated heterocycles. The number of hydrogen-bond donors (Lipinski definition) is 1.